The number of nitrogens with two attached hydrogens (primary N) is 1. The lowest BCUT2D eigenvalue weighted by Crippen LogP contribution is -2.26. The van der Waals surface area contributed by atoms with E-state index in [9.17, 15) is 9.59 Å². The Bertz CT molecular complexity index is 359. The van der Waals surface area contributed by atoms with Crippen LogP contribution in [-0.2, 0) is 4.79 Å². The van der Waals surface area contributed by atoms with Gasteiger partial charge in [0.2, 0.25) is 11.8 Å². The lowest BCUT2D eigenvalue weighted by molar-refractivity contribution is -0.118. The van der Waals surface area contributed by atoms with Gasteiger partial charge in [0, 0.05) is 18.3 Å². The van der Waals surface area contributed by atoms with Crippen LogP contribution in [0.15, 0.2) is 24.3 Å². The first kappa shape index (κ1) is 11.0. The Kier molecular flexibility index (Phi) is 3.68. The van der Waals surface area contributed by atoms with Crippen molar-refractivity contribution in [2.45, 2.75) is 0 Å². The molecule has 0 unspecified atom stereocenters. The summed E-state index contributed by atoms with van der Waals surface area (Å²) in [5.74, 6) is -0.568. The number of rotatable bonds is 4. The van der Waals surface area contributed by atoms with E-state index in [0.717, 1.165) is 5.69 Å². The number of amides is 2. The standard InChI is InChI=1S/C10H13N3O2/c1-12-9(14)6-13-8-4-2-7(3-5-8)10(11)15/h2-5,13H,6H2,1H3,(H2,11,15)(H,12,14). The van der Waals surface area contributed by atoms with Crippen molar-refractivity contribution in [1.29, 1.82) is 0 Å². The van der Waals surface area contributed by atoms with Crippen molar-refractivity contribution < 1.29 is 9.59 Å². The molecule has 0 aliphatic carbocycles. The maximum atomic E-state index is 10.9. The summed E-state index contributed by atoms with van der Waals surface area (Å²) in [6.07, 6.45) is 0. The Morgan fingerprint density at radius 3 is 2.33 bits per heavy atom. The Labute approximate surface area is 87.7 Å². The van der Waals surface area contributed by atoms with Crippen molar-refractivity contribution in [2.75, 3.05) is 18.9 Å². The Hall–Kier alpha value is -2.04. The summed E-state index contributed by atoms with van der Waals surface area (Å²) in [7, 11) is 1.57. The van der Waals surface area contributed by atoms with Crippen LogP contribution in [0.1, 0.15) is 10.4 Å². The second-order valence-corrected chi connectivity index (χ2v) is 2.97. The molecule has 1 rings (SSSR count). The summed E-state index contributed by atoms with van der Waals surface area (Å²) in [4.78, 5) is 21.7. The SMILES string of the molecule is CNC(=O)CNc1ccc(C(N)=O)cc1. The average Bonchev–Trinajstić information content (AvgIpc) is 2.26. The number of carbonyl (C=O) groups excluding carboxylic acids is 2. The molecule has 1 aromatic rings. The van der Waals surface area contributed by atoms with Gasteiger partial charge < -0.3 is 16.4 Å². The minimum absolute atomic E-state index is 0.103. The van der Waals surface area contributed by atoms with E-state index in [4.69, 9.17) is 5.73 Å². The smallest absolute Gasteiger partial charge is 0.248 e. The molecule has 0 aromatic heterocycles. The maximum absolute atomic E-state index is 10.9. The van der Waals surface area contributed by atoms with Gasteiger partial charge in [0.15, 0.2) is 0 Å². The number of primary amides is 1. The van der Waals surface area contributed by atoms with Crippen molar-refractivity contribution in [1.82, 2.24) is 5.32 Å². The molecule has 0 radical (unpaired) electrons. The molecule has 0 bridgehead atoms. The molecule has 0 spiro atoms. The highest BCUT2D eigenvalue weighted by Crippen LogP contribution is 2.08. The number of hydrogen-bond donors (Lipinski definition) is 3. The second kappa shape index (κ2) is 4.99. The third kappa shape index (κ3) is 3.30. The molecule has 80 valence electrons. The van der Waals surface area contributed by atoms with Crippen LogP contribution in [0, 0.1) is 0 Å². The van der Waals surface area contributed by atoms with Gasteiger partial charge >= 0.3 is 0 Å². The van der Waals surface area contributed by atoms with Gasteiger partial charge in [-0.15, -0.1) is 0 Å². The summed E-state index contributed by atoms with van der Waals surface area (Å²) in [5.41, 5.74) is 6.30. The van der Waals surface area contributed by atoms with Crippen LogP contribution in [-0.4, -0.2) is 25.4 Å². The zero-order valence-corrected chi connectivity index (χ0v) is 8.41. The average molecular weight is 207 g/mol. The van der Waals surface area contributed by atoms with Crippen LogP contribution >= 0.6 is 0 Å². The summed E-state index contributed by atoms with van der Waals surface area (Å²) >= 11 is 0. The molecule has 0 saturated heterocycles. The molecule has 5 nitrogen and oxygen atoms in total. The third-order valence-electron chi connectivity index (χ3n) is 1.90. The van der Waals surface area contributed by atoms with E-state index >= 15 is 0 Å². The molecule has 0 atom stereocenters. The number of nitrogens with one attached hydrogen (secondary N) is 2. The predicted octanol–water partition coefficient (Wildman–Crippen LogP) is -0.0566. The van der Waals surface area contributed by atoms with Crippen LogP contribution in [0.4, 0.5) is 5.69 Å². The molecule has 0 heterocycles. The van der Waals surface area contributed by atoms with Crippen LogP contribution in [0.3, 0.4) is 0 Å². The van der Waals surface area contributed by atoms with Crippen LogP contribution < -0.4 is 16.4 Å². The fourth-order valence-corrected chi connectivity index (χ4v) is 1.02. The van der Waals surface area contributed by atoms with Crippen LogP contribution in [0.2, 0.25) is 0 Å². The Balaban J connectivity index is 2.57. The van der Waals surface area contributed by atoms with Crippen molar-refractivity contribution in [3.8, 4) is 0 Å². The molecule has 0 aliphatic heterocycles. The van der Waals surface area contributed by atoms with E-state index in [1.165, 1.54) is 0 Å². The molecular weight excluding hydrogens is 194 g/mol. The first-order valence-corrected chi connectivity index (χ1v) is 4.48. The zero-order chi connectivity index (χ0) is 11.3. The fourth-order valence-electron chi connectivity index (χ4n) is 1.02. The minimum atomic E-state index is -0.465. The van der Waals surface area contributed by atoms with E-state index < -0.39 is 5.91 Å². The van der Waals surface area contributed by atoms with Crippen molar-refractivity contribution in [3.05, 3.63) is 29.8 Å². The first-order valence-electron chi connectivity index (χ1n) is 4.48. The van der Waals surface area contributed by atoms with Gasteiger partial charge in [0.25, 0.3) is 0 Å². The number of hydrogen-bond acceptors (Lipinski definition) is 3. The fraction of sp³-hybridized carbons (Fsp3) is 0.200. The lowest BCUT2D eigenvalue weighted by atomic mass is 10.2. The maximum Gasteiger partial charge on any atom is 0.248 e. The monoisotopic (exact) mass is 207 g/mol. The summed E-state index contributed by atoms with van der Waals surface area (Å²) in [6, 6.07) is 6.61. The summed E-state index contributed by atoms with van der Waals surface area (Å²) < 4.78 is 0. The van der Waals surface area contributed by atoms with Crippen LogP contribution in [0.5, 0.6) is 0 Å². The Morgan fingerprint density at radius 1 is 1.27 bits per heavy atom. The molecule has 2 amide bonds. The van der Waals surface area contributed by atoms with Crippen molar-refractivity contribution in [2.24, 2.45) is 5.73 Å². The van der Waals surface area contributed by atoms with Gasteiger partial charge in [-0.2, -0.15) is 0 Å². The van der Waals surface area contributed by atoms with Crippen molar-refractivity contribution >= 4 is 17.5 Å². The van der Waals surface area contributed by atoms with E-state index in [0.29, 0.717) is 5.56 Å². The molecule has 15 heavy (non-hydrogen) atoms. The molecule has 0 aliphatic rings. The highest BCUT2D eigenvalue weighted by Gasteiger charge is 2.00. The highest BCUT2D eigenvalue weighted by atomic mass is 16.2. The molecule has 1 aromatic carbocycles. The quantitative estimate of drug-likeness (QED) is 0.646. The molecule has 4 N–H and O–H groups in total. The number of benzene rings is 1. The van der Waals surface area contributed by atoms with Gasteiger partial charge in [0.05, 0.1) is 6.54 Å². The Morgan fingerprint density at radius 2 is 1.87 bits per heavy atom. The molecular formula is C10H13N3O2. The second-order valence-electron chi connectivity index (χ2n) is 2.97. The predicted molar refractivity (Wildman–Crippen MR) is 57.5 cm³/mol. The van der Waals surface area contributed by atoms with Crippen LogP contribution in [0.25, 0.3) is 0 Å². The van der Waals surface area contributed by atoms with E-state index in [1.54, 1.807) is 31.3 Å². The highest BCUT2D eigenvalue weighted by molar-refractivity contribution is 5.93. The molecule has 0 saturated carbocycles. The number of carbonyl (C=O) groups is 2. The van der Waals surface area contributed by atoms with Gasteiger partial charge in [0.1, 0.15) is 0 Å². The van der Waals surface area contributed by atoms with E-state index in [-0.39, 0.29) is 12.5 Å². The first-order chi connectivity index (χ1) is 7.13. The van der Waals surface area contributed by atoms with E-state index in [2.05, 4.69) is 10.6 Å². The minimum Gasteiger partial charge on any atom is -0.376 e. The summed E-state index contributed by atoms with van der Waals surface area (Å²) in [5, 5.41) is 5.39. The summed E-state index contributed by atoms with van der Waals surface area (Å²) in [6.45, 7) is 0.201. The number of likely N-dealkylation sites (N-methyl/N-ethyl adjacent to an activating group) is 1. The van der Waals surface area contributed by atoms with Gasteiger partial charge in [-0.05, 0) is 24.3 Å². The zero-order valence-electron chi connectivity index (χ0n) is 8.41. The third-order valence-corrected chi connectivity index (χ3v) is 1.90. The van der Waals surface area contributed by atoms with Gasteiger partial charge in [-0.25, -0.2) is 0 Å². The molecule has 0 fully saturated rings. The normalized spacial score (nSPS) is 9.40. The van der Waals surface area contributed by atoms with Crippen molar-refractivity contribution in [3.63, 3.8) is 0 Å². The van der Waals surface area contributed by atoms with E-state index in [1.807, 2.05) is 0 Å². The lowest BCUT2D eigenvalue weighted by Gasteiger charge is -2.05. The number of anilines is 1. The topological polar surface area (TPSA) is 84.2 Å². The van der Waals surface area contributed by atoms with Gasteiger partial charge in [-0.1, -0.05) is 0 Å². The molecule has 5 heteroatoms. The van der Waals surface area contributed by atoms with Gasteiger partial charge in [-0.3, -0.25) is 9.59 Å². The largest absolute Gasteiger partial charge is 0.376 e.